The van der Waals surface area contributed by atoms with Crippen molar-refractivity contribution in [3.05, 3.63) is 45.9 Å². The standard InChI is InChI=1S/C31H47N5O5S/c1-5-6-7-8-12-32-29(38)36(14-9-13-35-15-17-40-18-16-35)21-24-10-11-26(33-20-24)28(37)19-25-22-42-23-27(25)34-30(39)41-31(2,3)4/h10-11,20,22-23H,5-9,12-19,21H2,1-4H3,(H,32,38)(H,34,39). The third-order valence-corrected chi connectivity index (χ3v) is 7.60. The summed E-state index contributed by atoms with van der Waals surface area (Å²) in [6.45, 7) is 13.6. The number of amides is 3. The van der Waals surface area contributed by atoms with Crippen LogP contribution in [0.1, 0.15) is 81.4 Å². The van der Waals surface area contributed by atoms with Gasteiger partial charge in [0.25, 0.3) is 0 Å². The number of ether oxygens (including phenoxy) is 2. The van der Waals surface area contributed by atoms with Crippen LogP contribution in [0.15, 0.2) is 29.1 Å². The molecule has 0 aliphatic carbocycles. The van der Waals surface area contributed by atoms with E-state index in [-0.39, 0.29) is 18.2 Å². The second kappa shape index (κ2) is 17.2. The zero-order chi connectivity index (χ0) is 30.4. The Morgan fingerprint density at radius 3 is 2.57 bits per heavy atom. The number of anilines is 1. The van der Waals surface area contributed by atoms with E-state index in [2.05, 4.69) is 27.4 Å². The lowest BCUT2D eigenvalue weighted by molar-refractivity contribution is 0.0364. The number of unbranched alkanes of at least 4 members (excludes halogenated alkanes) is 3. The molecule has 0 aromatic carbocycles. The second-order valence-electron chi connectivity index (χ2n) is 11.6. The van der Waals surface area contributed by atoms with E-state index in [4.69, 9.17) is 9.47 Å². The third-order valence-electron chi connectivity index (χ3n) is 6.81. The van der Waals surface area contributed by atoms with E-state index in [0.717, 1.165) is 64.1 Å². The van der Waals surface area contributed by atoms with Gasteiger partial charge in [-0.3, -0.25) is 20.0 Å². The van der Waals surface area contributed by atoms with Gasteiger partial charge in [-0.25, -0.2) is 9.59 Å². The molecule has 1 saturated heterocycles. The molecule has 232 valence electrons. The highest BCUT2D eigenvalue weighted by molar-refractivity contribution is 7.08. The summed E-state index contributed by atoms with van der Waals surface area (Å²) in [6, 6.07) is 3.49. The van der Waals surface area contributed by atoms with Gasteiger partial charge in [-0.2, -0.15) is 0 Å². The number of morpholine rings is 1. The van der Waals surface area contributed by atoms with Gasteiger partial charge in [0, 0.05) is 57.3 Å². The molecule has 2 N–H and O–H groups in total. The Hall–Kier alpha value is -3.02. The van der Waals surface area contributed by atoms with E-state index in [1.165, 1.54) is 17.8 Å². The molecule has 42 heavy (non-hydrogen) atoms. The number of nitrogens with one attached hydrogen (secondary N) is 2. The van der Waals surface area contributed by atoms with Crippen molar-refractivity contribution in [1.29, 1.82) is 0 Å². The first-order valence-corrected chi connectivity index (χ1v) is 15.9. The van der Waals surface area contributed by atoms with Crippen LogP contribution in [-0.2, 0) is 22.4 Å². The van der Waals surface area contributed by atoms with Crippen LogP contribution in [-0.4, -0.2) is 84.2 Å². The van der Waals surface area contributed by atoms with Crippen molar-refractivity contribution in [1.82, 2.24) is 20.1 Å². The topological polar surface area (TPSA) is 113 Å². The largest absolute Gasteiger partial charge is 0.444 e. The summed E-state index contributed by atoms with van der Waals surface area (Å²) in [6.07, 6.45) is 6.49. The number of ketones is 1. The quantitative estimate of drug-likeness (QED) is 0.198. The second-order valence-corrected chi connectivity index (χ2v) is 12.4. The van der Waals surface area contributed by atoms with E-state index in [1.54, 1.807) is 38.4 Å². The first kappa shape index (κ1) is 33.5. The molecule has 1 aliphatic rings. The molecule has 2 aromatic heterocycles. The minimum atomic E-state index is -0.616. The van der Waals surface area contributed by atoms with Crippen LogP contribution in [0.2, 0.25) is 0 Å². The summed E-state index contributed by atoms with van der Waals surface area (Å²) < 4.78 is 10.8. The molecule has 3 heterocycles. The molecular weight excluding hydrogens is 554 g/mol. The van der Waals surface area contributed by atoms with Gasteiger partial charge in [0.15, 0.2) is 5.78 Å². The molecule has 0 bridgehead atoms. The van der Waals surface area contributed by atoms with Gasteiger partial charge in [0.05, 0.1) is 18.9 Å². The van der Waals surface area contributed by atoms with Crippen LogP contribution in [0, 0.1) is 0 Å². The normalized spacial score (nSPS) is 13.9. The smallest absolute Gasteiger partial charge is 0.412 e. The summed E-state index contributed by atoms with van der Waals surface area (Å²) in [5, 5.41) is 9.43. The maximum atomic E-state index is 13.1. The lowest BCUT2D eigenvalue weighted by Gasteiger charge is -2.28. The Morgan fingerprint density at radius 1 is 1.10 bits per heavy atom. The Bertz CT molecular complexity index is 1130. The average molecular weight is 602 g/mol. The summed E-state index contributed by atoms with van der Waals surface area (Å²) in [7, 11) is 0. The molecule has 1 fully saturated rings. The fraction of sp³-hybridized carbons (Fsp3) is 0.613. The van der Waals surface area contributed by atoms with Gasteiger partial charge in [0.2, 0.25) is 0 Å². The number of nitrogens with zero attached hydrogens (tertiary/aromatic N) is 3. The Labute approximate surface area is 254 Å². The molecule has 1 aliphatic heterocycles. The summed E-state index contributed by atoms with van der Waals surface area (Å²) >= 11 is 1.40. The number of rotatable bonds is 15. The van der Waals surface area contributed by atoms with Crippen molar-refractivity contribution in [3.8, 4) is 0 Å². The number of hydrogen-bond acceptors (Lipinski definition) is 8. The first-order chi connectivity index (χ1) is 20.1. The van der Waals surface area contributed by atoms with Gasteiger partial charge in [-0.15, -0.1) is 11.3 Å². The highest BCUT2D eigenvalue weighted by Crippen LogP contribution is 2.23. The minimum absolute atomic E-state index is 0.0731. The highest BCUT2D eigenvalue weighted by Gasteiger charge is 2.20. The van der Waals surface area contributed by atoms with Crippen LogP contribution in [0.25, 0.3) is 0 Å². The van der Waals surface area contributed by atoms with Gasteiger partial charge in [0.1, 0.15) is 11.3 Å². The molecule has 0 spiro atoms. The number of urea groups is 1. The lowest BCUT2D eigenvalue weighted by Crippen LogP contribution is -2.42. The molecule has 10 nitrogen and oxygen atoms in total. The molecule has 2 aromatic rings. The fourth-order valence-electron chi connectivity index (χ4n) is 4.57. The molecule has 0 saturated carbocycles. The number of carbonyl (C=O) groups excluding carboxylic acids is 3. The maximum Gasteiger partial charge on any atom is 0.412 e. The Balaban J connectivity index is 1.57. The van der Waals surface area contributed by atoms with Crippen molar-refractivity contribution in [2.75, 3.05) is 51.3 Å². The van der Waals surface area contributed by atoms with Crippen molar-refractivity contribution in [2.24, 2.45) is 0 Å². The molecule has 3 amide bonds. The van der Waals surface area contributed by atoms with Crippen LogP contribution < -0.4 is 10.6 Å². The number of Topliss-reactive ketones (excluding diaryl/α,β-unsaturated/α-hetero) is 1. The van der Waals surface area contributed by atoms with Crippen LogP contribution in [0.3, 0.4) is 0 Å². The summed E-state index contributed by atoms with van der Waals surface area (Å²) in [4.78, 5) is 46.9. The monoisotopic (exact) mass is 601 g/mol. The zero-order valence-corrected chi connectivity index (χ0v) is 26.4. The number of thiophene rings is 1. The van der Waals surface area contributed by atoms with E-state index in [0.29, 0.717) is 36.6 Å². The number of hydrogen-bond donors (Lipinski definition) is 2. The predicted molar refractivity (Wildman–Crippen MR) is 166 cm³/mol. The zero-order valence-electron chi connectivity index (χ0n) is 25.6. The number of pyridine rings is 1. The van der Waals surface area contributed by atoms with Crippen molar-refractivity contribution >= 4 is 34.9 Å². The van der Waals surface area contributed by atoms with E-state index in [9.17, 15) is 14.4 Å². The molecule has 0 atom stereocenters. The van der Waals surface area contributed by atoms with E-state index in [1.807, 2.05) is 16.3 Å². The summed E-state index contributed by atoms with van der Waals surface area (Å²) in [5.41, 5.74) is 1.86. The van der Waals surface area contributed by atoms with Gasteiger partial charge in [-0.05, 0) is 56.2 Å². The Morgan fingerprint density at radius 2 is 1.88 bits per heavy atom. The van der Waals surface area contributed by atoms with Crippen LogP contribution in [0.5, 0.6) is 0 Å². The molecule has 3 rings (SSSR count). The molecular formula is C31H47N5O5S. The van der Waals surface area contributed by atoms with Gasteiger partial charge in [-0.1, -0.05) is 32.3 Å². The van der Waals surface area contributed by atoms with E-state index >= 15 is 0 Å². The first-order valence-electron chi connectivity index (χ1n) is 15.0. The third kappa shape index (κ3) is 12.1. The van der Waals surface area contributed by atoms with Crippen molar-refractivity contribution in [2.45, 2.75) is 78.4 Å². The highest BCUT2D eigenvalue weighted by atomic mass is 32.1. The fourth-order valence-corrected chi connectivity index (χ4v) is 5.36. The van der Waals surface area contributed by atoms with Gasteiger partial charge >= 0.3 is 12.1 Å². The molecule has 11 heteroatoms. The number of aromatic nitrogens is 1. The molecule has 0 unspecified atom stereocenters. The average Bonchev–Trinajstić information content (AvgIpc) is 3.38. The van der Waals surface area contributed by atoms with E-state index < -0.39 is 11.7 Å². The van der Waals surface area contributed by atoms with Crippen molar-refractivity contribution in [3.63, 3.8) is 0 Å². The number of carbonyl (C=O) groups is 3. The lowest BCUT2D eigenvalue weighted by atomic mass is 10.1. The maximum absolute atomic E-state index is 13.1. The minimum Gasteiger partial charge on any atom is -0.444 e. The van der Waals surface area contributed by atoms with Crippen LogP contribution in [0.4, 0.5) is 15.3 Å². The predicted octanol–water partition coefficient (Wildman–Crippen LogP) is 5.73. The van der Waals surface area contributed by atoms with Crippen molar-refractivity contribution < 1.29 is 23.9 Å². The Kier molecular flexibility index (Phi) is 13.7. The molecule has 0 radical (unpaired) electrons. The van der Waals surface area contributed by atoms with Crippen LogP contribution >= 0.6 is 11.3 Å². The summed E-state index contributed by atoms with van der Waals surface area (Å²) in [5.74, 6) is -0.153. The van der Waals surface area contributed by atoms with Gasteiger partial charge < -0.3 is 19.7 Å². The SMILES string of the molecule is CCCCCCNC(=O)N(CCCN1CCOCC1)Cc1ccc(C(=O)Cc2cscc2NC(=O)OC(C)(C)C)nc1.